The van der Waals surface area contributed by atoms with Crippen molar-refractivity contribution in [1.82, 2.24) is 12.3 Å². The van der Waals surface area contributed by atoms with Crippen LogP contribution in [0.1, 0.15) is 40.5 Å². The number of hydrogen-bond acceptors (Lipinski definition) is 10. The molecule has 0 bridgehead atoms. The first-order chi connectivity index (χ1) is 12.7. The van der Waals surface area contributed by atoms with Gasteiger partial charge in [0.05, 0.1) is 12.8 Å². The van der Waals surface area contributed by atoms with Gasteiger partial charge < -0.3 is 53.2 Å². The maximum absolute atomic E-state index is 10.3. The molecule has 0 saturated carbocycles. The third-order valence-electron chi connectivity index (χ3n) is 1.29. The molecule has 0 heterocycles. The van der Waals surface area contributed by atoms with Crippen molar-refractivity contribution in [3.8, 4) is 0 Å². The van der Waals surface area contributed by atoms with Crippen LogP contribution in [0.3, 0.4) is 0 Å². The molecule has 0 aromatic rings. The summed E-state index contributed by atoms with van der Waals surface area (Å²) < 4.78 is 0. The first-order valence-corrected chi connectivity index (χ1v) is 6.88. The molecule has 0 aromatic heterocycles. The summed E-state index contributed by atoms with van der Waals surface area (Å²) in [5, 5.41) is 63.5. The Morgan fingerprint density at radius 2 is 0.645 bits per heavy atom. The Kier molecular flexibility index (Phi) is 38.6. The van der Waals surface area contributed by atoms with E-state index in [0.29, 0.717) is 0 Å². The van der Waals surface area contributed by atoms with E-state index in [1.165, 1.54) is 0 Å². The monoisotopic (exact) mass is 466 g/mol. The summed E-state index contributed by atoms with van der Waals surface area (Å²) in [4.78, 5) is 66.5. The highest BCUT2D eigenvalue weighted by Gasteiger charge is 2.40. The first-order valence-electron chi connectivity index (χ1n) is 6.88. The predicted molar refractivity (Wildman–Crippen MR) is 100 cm³/mol. The lowest BCUT2D eigenvalue weighted by atomic mass is 9.96. The SMILES string of the molecule is CC(=O)O.CC(=O)O.CC(=O)O.CC(=O)O.N.N.O=C(O)CC(O)(CC(=O)O)C(=O)O. The van der Waals surface area contributed by atoms with Crippen molar-refractivity contribution in [3.05, 3.63) is 0 Å². The van der Waals surface area contributed by atoms with Gasteiger partial charge >= 0.3 is 17.9 Å². The van der Waals surface area contributed by atoms with Crippen LogP contribution in [0.4, 0.5) is 0 Å². The number of carboxylic acids is 7. The van der Waals surface area contributed by atoms with Crippen LogP contribution in [-0.4, -0.2) is 88.2 Å². The number of aliphatic carboxylic acids is 7. The number of carbonyl (C=O) groups is 7. The van der Waals surface area contributed by atoms with E-state index in [2.05, 4.69) is 0 Å². The smallest absolute Gasteiger partial charge is 0.336 e. The minimum Gasteiger partial charge on any atom is -0.481 e. The van der Waals surface area contributed by atoms with E-state index in [-0.39, 0.29) is 12.3 Å². The minimum atomic E-state index is -2.74. The van der Waals surface area contributed by atoms with Crippen LogP contribution >= 0.6 is 0 Å². The molecule has 31 heavy (non-hydrogen) atoms. The van der Waals surface area contributed by atoms with Gasteiger partial charge in [-0.2, -0.15) is 0 Å². The molecule has 0 spiro atoms. The fourth-order valence-corrected chi connectivity index (χ4v) is 0.714. The van der Waals surface area contributed by atoms with Crippen molar-refractivity contribution in [2.24, 2.45) is 0 Å². The Balaban J connectivity index is -0.0000000533. The molecule has 186 valence electrons. The van der Waals surface area contributed by atoms with E-state index in [4.69, 9.17) is 60.0 Å². The summed E-state index contributed by atoms with van der Waals surface area (Å²) in [6, 6.07) is 0. The van der Waals surface area contributed by atoms with Gasteiger partial charge in [-0.15, -0.1) is 0 Å². The van der Waals surface area contributed by atoms with E-state index in [1.807, 2.05) is 0 Å². The molecule has 0 atom stereocenters. The second-order valence-electron chi connectivity index (χ2n) is 4.55. The van der Waals surface area contributed by atoms with Gasteiger partial charge in [0.25, 0.3) is 23.9 Å². The fourth-order valence-electron chi connectivity index (χ4n) is 0.714. The molecule has 0 fully saturated rings. The molecule has 0 unspecified atom stereocenters. The van der Waals surface area contributed by atoms with Gasteiger partial charge in [-0.25, -0.2) is 4.79 Å². The maximum atomic E-state index is 10.3. The lowest BCUT2D eigenvalue weighted by molar-refractivity contribution is -0.170. The van der Waals surface area contributed by atoms with Crippen molar-refractivity contribution in [2.75, 3.05) is 0 Å². The number of hydrogen-bond donors (Lipinski definition) is 10. The minimum absolute atomic E-state index is 0. The molecule has 17 nitrogen and oxygen atoms in total. The third-order valence-corrected chi connectivity index (χ3v) is 1.29. The standard InChI is InChI=1S/C6H8O7.4C2H4O2.2H3N/c7-3(8)1-6(13,5(11)12)2-4(9)10;4*1-2(3)4;;/h13H,1-2H2,(H,7,8)(H,9,10)(H,11,12);4*1H3,(H,3,4);2*1H3. The van der Waals surface area contributed by atoms with Crippen LogP contribution in [0.25, 0.3) is 0 Å². The second-order valence-corrected chi connectivity index (χ2v) is 4.55. The van der Waals surface area contributed by atoms with Crippen LogP contribution in [0, 0.1) is 0 Å². The maximum Gasteiger partial charge on any atom is 0.336 e. The van der Waals surface area contributed by atoms with Crippen LogP contribution in [0.2, 0.25) is 0 Å². The normalized spacial score (nSPS) is 7.77. The molecule has 0 rings (SSSR count). The quantitative estimate of drug-likeness (QED) is 0.242. The van der Waals surface area contributed by atoms with Gasteiger partial charge in [0, 0.05) is 27.7 Å². The van der Waals surface area contributed by atoms with Gasteiger partial charge in [-0.1, -0.05) is 0 Å². The zero-order valence-electron chi connectivity index (χ0n) is 17.3. The molecule has 17 heteroatoms. The summed E-state index contributed by atoms with van der Waals surface area (Å²) in [5.74, 6) is -8.35. The predicted octanol–water partition coefficient (Wildman–Crippen LogP) is -0.561. The molecule has 0 amide bonds. The van der Waals surface area contributed by atoms with Gasteiger partial charge in [0.1, 0.15) is 0 Å². The summed E-state index contributed by atoms with van der Waals surface area (Å²) in [6.07, 6.45) is -2.29. The van der Waals surface area contributed by atoms with Crippen molar-refractivity contribution in [1.29, 1.82) is 0 Å². The molecular formula is C14H30N2O15. The Morgan fingerprint density at radius 1 is 0.516 bits per heavy atom. The van der Waals surface area contributed by atoms with Crippen molar-refractivity contribution in [2.45, 2.75) is 46.1 Å². The number of rotatable bonds is 5. The Morgan fingerprint density at radius 3 is 0.710 bits per heavy atom. The molecule has 14 N–H and O–H groups in total. The van der Waals surface area contributed by atoms with E-state index in [1.54, 1.807) is 0 Å². The average molecular weight is 466 g/mol. The second kappa shape index (κ2) is 26.2. The van der Waals surface area contributed by atoms with Crippen LogP contribution < -0.4 is 12.3 Å². The van der Waals surface area contributed by atoms with Crippen LogP contribution in [-0.2, 0) is 33.6 Å². The number of aliphatic hydroxyl groups is 1. The molecule has 0 aliphatic carbocycles. The highest BCUT2D eigenvalue weighted by molar-refractivity contribution is 5.88. The molecule has 0 radical (unpaired) electrons. The van der Waals surface area contributed by atoms with Crippen LogP contribution in [0.5, 0.6) is 0 Å². The largest absolute Gasteiger partial charge is 0.481 e. The summed E-state index contributed by atoms with van der Waals surface area (Å²) in [5.41, 5.74) is -2.74. The summed E-state index contributed by atoms with van der Waals surface area (Å²) in [6.45, 7) is 4.33. The van der Waals surface area contributed by atoms with Gasteiger partial charge in [-0.3, -0.25) is 28.8 Å². The van der Waals surface area contributed by atoms with Crippen molar-refractivity contribution < 1.29 is 74.4 Å². The van der Waals surface area contributed by atoms with Crippen molar-refractivity contribution >= 4 is 41.8 Å². The summed E-state index contributed by atoms with van der Waals surface area (Å²) >= 11 is 0. The first kappa shape index (κ1) is 45.7. The lowest BCUT2D eigenvalue weighted by Gasteiger charge is -2.18. The fraction of sp³-hybridized carbons (Fsp3) is 0.500. The van der Waals surface area contributed by atoms with E-state index < -0.39 is 60.2 Å². The average Bonchev–Trinajstić information content (AvgIpc) is 2.32. The third kappa shape index (κ3) is 103. The van der Waals surface area contributed by atoms with Gasteiger partial charge in [-0.05, 0) is 0 Å². The van der Waals surface area contributed by atoms with Crippen molar-refractivity contribution in [3.63, 3.8) is 0 Å². The van der Waals surface area contributed by atoms with E-state index in [0.717, 1.165) is 27.7 Å². The molecule has 0 aromatic carbocycles. The lowest BCUT2D eigenvalue weighted by Crippen LogP contribution is -2.42. The van der Waals surface area contributed by atoms with Gasteiger partial charge in [0.15, 0.2) is 5.60 Å². The Labute approximate surface area is 175 Å². The molecular weight excluding hydrogens is 436 g/mol. The molecule has 0 aliphatic rings. The highest BCUT2D eigenvalue weighted by atomic mass is 16.4. The van der Waals surface area contributed by atoms with E-state index in [9.17, 15) is 14.4 Å². The summed E-state index contributed by atoms with van der Waals surface area (Å²) in [7, 11) is 0. The molecule has 0 saturated heterocycles. The highest BCUT2D eigenvalue weighted by Crippen LogP contribution is 2.15. The molecule has 0 aliphatic heterocycles. The van der Waals surface area contributed by atoms with Crippen LogP contribution in [0.15, 0.2) is 0 Å². The zero-order chi connectivity index (χ0) is 25.0. The van der Waals surface area contributed by atoms with E-state index >= 15 is 0 Å². The van der Waals surface area contributed by atoms with Gasteiger partial charge in [0.2, 0.25) is 0 Å². The topological polar surface area (TPSA) is 351 Å². The zero-order valence-corrected chi connectivity index (χ0v) is 17.3. The number of carboxylic acid groups (broad SMARTS) is 7. The Hall–Kier alpha value is -3.83. The Bertz CT molecular complexity index is 494.